The third kappa shape index (κ3) is 3.28. The number of nitrogens with one attached hydrogen (secondary N) is 1. The first-order chi connectivity index (χ1) is 11.9. The minimum Gasteiger partial charge on any atom is -0.455 e. The molecule has 1 aliphatic heterocycles. The first kappa shape index (κ1) is 14.8. The van der Waals surface area contributed by atoms with Crippen molar-refractivity contribution in [3.63, 3.8) is 0 Å². The van der Waals surface area contributed by atoms with Gasteiger partial charge in [0.2, 0.25) is 0 Å². The van der Waals surface area contributed by atoms with Crippen LogP contribution in [0.25, 0.3) is 0 Å². The van der Waals surface area contributed by atoms with Gasteiger partial charge in [0.15, 0.2) is 0 Å². The van der Waals surface area contributed by atoms with E-state index in [-0.39, 0.29) is 0 Å². The molecule has 3 heterocycles. The molecular formula is C18H19N5O. The summed E-state index contributed by atoms with van der Waals surface area (Å²) in [6, 6.07) is 12.3. The maximum absolute atomic E-state index is 5.96. The molecule has 1 aliphatic rings. The molecule has 6 heteroatoms. The van der Waals surface area contributed by atoms with E-state index >= 15 is 0 Å². The van der Waals surface area contributed by atoms with Crippen LogP contribution in [0.15, 0.2) is 55.1 Å². The zero-order valence-corrected chi connectivity index (χ0v) is 13.3. The predicted molar refractivity (Wildman–Crippen MR) is 89.7 cm³/mol. The fourth-order valence-corrected chi connectivity index (χ4v) is 2.94. The number of fused-ring (bicyclic) bond motifs is 1. The van der Waals surface area contributed by atoms with Gasteiger partial charge in [-0.2, -0.15) is 5.10 Å². The van der Waals surface area contributed by atoms with Gasteiger partial charge in [0, 0.05) is 30.8 Å². The Labute approximate surface area is 140 Å². The molecule has 4 rings (SSSR count). The van der Waals surface area contributed by atoms with E-state index in [0.717, 1.165) is 48.8 Å². The van der Waals surface area contributed by atoms with Gasteiger partial charge in [-0.25, -0.2) is 9.67 Å². The van der Waals surface area contributed by atoms with E-state index in [2.05, 4.69) is 26.4 Å². The molecule has 0 amide bonds. The Bertz CT molecular complexity index is 802. The fraction of sp³-hybridized carbons (Fsp3) is 0.278. The number of aromatic nitrogens is 4. The monoisotopic (exact) mass is 321 g/mol. The van der Waals surface area contributed by atoms with Crippen molar-refractivity contribution in [1.29, 1.82) is 0 Å². The zero-order chi connectivity index (χ0) is 16.2. The van der Waals surface area contributed by atoms with Gasteiger partial charge < -0.3 is 10.1 Å². The van der Waals surface area contributed by atoms with E-state index in [0.29, 0.717) is 6.04 Å². The molecule has 0 radical (unpaired) electrons. The lowest BCUT2D eigenvalue weighted by Gasteiger charge is -2.24. The van der Waals surface area contributed by atoms with Gasteiger partial charge in [-0.15, -0.1) is 0 Å². The Balaban J connectivity index is 1.42. The molecular weight excluding hydrogens is 302 g/mol. The first-order valence-electron chi connectivity index (χ1n) is 8.14. The summed E-state index contributed by atoms with van der Waals surface area (Å²) in [5.74, 6) is 2.68. The lowest BCUT2D eigenvalue weighted by atomic mass is 10.1. The summed E-state index contributed by atoms with van der Waals surface area (Å²) >= 11 is 0. The maximum Gasteiger partial charge on any atom is 0.145 e. The number of nitrogens with zero attached hydrogens (tertiary/aromatic N) is 4. The van der Waals surface area contributed by atoms with Crippen LogP contribution in [0.4, 0.5) is 0 Å². The number of para-hydroxylation sites is 1. The molecule has 0 aliphatic carbocycles. The van der Waals surface area contributed by atoms with Gasteiger partial charge in [0.1, 0.15) is 23.7 Å². The van der Waals surface area contributed by atoms with Crippen LogP contribution in [0, 0.1) is 0 Å². The van der Waals surface area contributed by atoms with Crippen molar-refractivity contribution < 1.29 is 4.74 Å². The fourth-order valence-electron chi connectivity index (χ4n) is 2.94. The minimum atomic E-state index is 0.394. The number of aryl methyl sites for hydroxylation is 1. The third-order valence-electron chi connectivity index (χ3n) is 4.22. The average Bonchev–Trinajstić information content (AvgIpc) is 3.10. The largest absolute Gasteiger partial charge is 0.455 e. The highest BCUT2D eigenvalue weighted by Crippen LogP contribution is 2.24. The molecule has 1 atom stereocenters. The molecule has 0 saturated carbocycles. The van der Waals surface area contributed by atoms with E-state index in [1.807, 2.05) is 35.0 Å². The average molecular weight is 321 g/mol. The lowest BCUT2D eigenvalue weighted by molar-refractivity contribution is 0.355. The van der Waals surface area contributed by atoms with Gasteiger partial charge in [0.05, 0.1) is 12.7 Å². The summed E-state index contributed by atoms with van der Waals surface area (Å²) in [5.41, 5.74) is 1.13. The van der Waals surface area contributed by atoms with Crippen LogP contribution < -0.4 is 10.1 Å². The SMILES string of the molecule is c1cncc(Oc2ccccc2CN[C@@H]2CCc3ncnn3C2)c1. The Morgan fingerprint density at radius 3 is 3.08 bits per heavy atom. The van der Waals surface area contributed by atoms with Crippen molar-refractivity contribution in [2.24, 2.45) is 0 Å². The topological polar surface area (TPSA) is 64.9 Å². The standard InChI is InChI=1S/C18H19N5O/c1-2-6-17(24-16-5-3-9-19-11-16)14(4-1)10-20-15-7-8-18-21-13-22-23(18)12-15/h1-6,9,11,13,15,20H,7-8,10,12H2/t15-/m1/s1. The molecule has 0 spiro atoms. The summed E-state index contributed by atoms with van der Waals surface area (Å²) in [5, 5.41) is 7.88. The smallest absolute Gasteiger partial charge is 0.145 e. The molecule has 1 aromatic carbocycles. The first-order valence-corrected chi connectivity index (χ1v) is 8.14. The Morgan fingerprint density at radius 1 is 1.21 bits per heavy atom. The van der Waals surface area contributed by atoms with Crippen molar-refractivity contribution in [2.75, 3.05) is 0 Å². The van der Waals surface area contributed by atoms with Crippen molar-refractivity contribution in [3.05, 3.63) is 66.5 Å². The molecule has 0 bridgehead atoms. The number of rotatable bonds is 5. The number of hydrogen-bond acceptors (Lipinski definition) is 5. The molecule has 24 heavy (non-hydrogen) atoms. The predicted octanol–water partition coefficient (Wildman–Crippen LogP) is 2.57. The summed E-state index contributed by atoms with van der Waals surface area (Å²) in [7, 11) is 0. The second-order valence-electron chi connectivity index (χ2n) is 5.87. The summed E-state index contributed by atoms with van der Waals surface area (Å²) in [6.45, 7) is 1.62. The molecule has 0 unspecified atom stereocenters. The lowest BCUT2D eigenvalue weighted by Crippen LogP contribution is -2.37. The molecule has 0 saturated heterocycles. The van der Waals surface area contributed by atoms with Crippen LogP contribution in [0.3, 0.4) is 0 Å². The highest BCUT2D eigenvalue weighted by Gasteiger charge is 2.19. The van der Waals surface area contributed by atoms with Crippen LogP contribution in [0.2, 0.25) is 0 Å². The highest BCUT2D eigenvalue weighted by molar-refractivity contribution is 5.37. The van der Waals surface area contributed by atoms with Gasteiger partial charge in [-0.1, -0.05) is 18.2 Å². The van der Waals surface area contributed by atoms with Crippen molar-refractivity contribution in [1.82, 2.24) is 25.1 Å². The second kappa shape index (κ2) is 6.80. The van der Waals surface area contributed by atoms with Crippen LogP contribution >= 0.6 is 0 Å². The molecule has 3 aromatic rings. The van der Waals surface area contributed by atoms with Crippen LogP contribution in [0.5, 0.6) is 11.5 Å². The van der Waals surface area contributed by atoms with Gasteiger partial charge >= 0.3 is 0 Å². The molecule has 1 N–H and O–H groups in total. The second-order valence-corrected chi connectivity index (χ2v) is 5.87. The number of benzene rings is 1. The van der Waals surface area contributed by atoms with Crippen LogP contribution in [-0.2, 0) is 19.5 Å². The van der Waals surface area contributed by atoms with Crippen LogP contribution in [0.1, 0.15) is 17.8 Å². The van der Waals surface area contributed by atoms with Gasteiger partial charge in [-0.3, -0.25) is 4.98 Å². The van der Waals surface area contributed by atoms with E-state index in [1.54, 1.807) is 18.7 Å². The Hall–Kier alpha value is -2.73. The summed E-state index contributed by atoms with van der Waals surface area (Å²) in [4.78, 5) is 8.36. The number of pyridine rings is 1. The van der Waals surface area contributed by atoms with E-state index in [4.69, 9.17) is 4.74 Å². The van der Waals surface area contributed by atoms with Crippen molar-refractivity contribution in [3.8, 4) is 11.5 Å². The zero-order valence-electron chi connectivity index (χ0n) is 13.3. The normalized spacial score (nSPS) is 16.6. The Kier molecular flexibility index (Phi) is 4.20. The van der Waals surface area contributed by atoms with E-state index in [9.17, 15) is 0 Å². The molecule has 0 fully saturated rings. The maximum atomic E-state index is 5.96. The summed E-state index contributed by atoms with van der Waals surface area (Å²) < 4.78 is 7.95. The van der Waals surface area contributed by atoms with Crippen molar-refractivity contribution in [2.45, 2.75) is 32.0 Å². The number of ether oxygens (including phenoxy) is 1. The number of hydrogen-bond donors (Lipinski definition) is 1. The molecule has 6 nitrogen and oxygen atoms in total. The summed E-state index contributed by atoms with van der Waals surface area (Å²) in [6.07, 6.45) is 7.13. The third-order valence-corrected chi connectivity index (χ3v) is 4.22. The van der Waals surface area contributed by atoms with Gasteiger partial charge in [-0.05, 0) is 24.6 Å². The van der Waals surface area contributed by atoms with E-state index < -0.39 is 0 Å². The van der Waals surface area contributed by atoms with Crippen LogP contribution in [-0.4, -0.2) is 25.8 Å². The molecule has 2 aromatic heterocycles. The van der Waals surface area contributed by atoms with E-state index in [1.165, 1.54) is 0 Å². The quantitative estimate of drug-likeness (QED) is 0.782. The minimum absolute atomic E-state index is 0.394. The van der Waals surface area contributed by atoms with Crippen molar-refractivity contribution >= 4 is 0 Å². The highest BCUT2D eigenvalue weighted by atomic mass is 16.5. The van der Waals surface area contributed by atoms with Gasteiger partial charge in [0.25, 0.3) is 0 Å². The molecule has 122 valence electrons. The Morgan fingerprint density at radius 2 is 2.17 bits per heavy atom.